The van der Waals surface area contributed by atoms with Crippen molar-refractivity contribution in [2.45, 2.75) is 6.10 Å². The lowest BCUT2D eigenvalue weighted by Crippen LogP contribution is -1.99. The van der Waals surface area contributed by atoms with Crippen molar-refractivity contribution in [1.29, 1.82) is 0 Å². The van der Waals surface area contributed by atoms with Crippen LogP contribution in [0.25, 0.3) is 10.9 Å². The van der Waals surface area contributed by atoms with Gasteiger partial charge in [-0.25, -0.2) is 0 Å². The number of aliphatic hydroxyl groups excluding tert-OH is 1. The van der Waals surface area contributed by atoms with E-state index in [1.807, 2.05) is 36.4 Å². The number of aromatic nitrogens is 2. The molecule has 2 N–H and O–H groups in total. The number of aromatic amines is 1. The Balaban J connectivity index is 1.95. The molecule has 0 fully saturated rings. The molecule has 0 amide bonds. The van der Waals surface area contributed by atoms with E-state index in [0.717, 1.165) is 27.9 Å². The first-order valence-electron chi connectivity index (χ1n) is 6.02. The van der Waals surface area contributed by atoms with Gasteiger partial charge in [0.1, 0.15) is 11.9 Å². The Labute approximate surface area is 110 Å². The molecular weight excluding hydrogens is 240 g/mol. The van der Waals surface area contributed by atoms with E-state index >= 15 is 0 Å². The standard InChI is InChI=1S/C15H14N2O2/c1-19-12-4-2-10(3-5-12)15(18)13-8-11-6-7-16-9-14(11)17-13/h2-9,15,17-18H,1H3. The van der Waals surface area contributed by atoms with E-state index in [0.29, 0.717) is 0 Å². The van der Waals surface area contributed by atoms with E-state index in [-0.39, 0.29) is 0 Å². The average molecular weight is 254 g/mol. The van der Waals surface area contributed by atoms with Gasteiger partial charge in [0.2, 0.25) is 0 Å². The first-order chi connectivity index (χ1) is 9.28. The molecule has 3 rings (SSSR count). The number of aliphatic hydroxyl groups is 1. The van der Waals surface area contributed by atoms with Crippen LogP contribution in [0, 0.1) is 0 Å². The number of rotatable bonds is 3. The number of methoxy groups -OCH3 is 1. The maximum Gasteiger partial charge on any atom is 0.119 e. The van der Waals surface area contributed by atoms with Gasteiger partial charge in [0.25, 0.3) is 0 Å². The second-order valence-electron chi connectivity index (χ2n) is 4.36. The van der Waals surface area contributed by atoms with Gasteiger partial charge in [-0.2, -0.15) is 0 Å². The summed E-state index contributed by atoms with van der Waals surface area (Å²) in [5.74, 6) is 0.775. The highest BCUT2D eigenvalue weighted by atomic mass is 16.5. The number of benzene rings is 1. The quantitative estimate of drug-likeness (QED) is 0.755. The molecule has 4 nitrogen and oxygen atoms in total. The molecule has 0 aliphatic heterocycles. The number of hydrogen-bond acceptors (Lipinski definition) is 3. The highest BCUT2D eigenvalue weighted by Crippen LogP contribution is 2.25. The molecule has 1 unspecified atom stereocenters. The van der Waals surface area contributed by atoms with Crippen molar-refractivity contribution in [1.82, 2.24) is 9.97 Å². The predicted octanol–water partition coefficient (Wildman–Crippen LogP) is 2.65. The molecule has 0 spiro atoms. The van der Waals surface area contributed by atoms with E-state index in [1.54, 1.807) is 19.5 Å². The second kappa shape index (κ2) is 4.74. The first-order valence-corrected chi connectivity index (χ1v) is 6.02. The van der Waals surface area contributed by atoms with Crippen LogP contribution in [0.1, 0.15) is 17.4 Å². The molecule has 0 aliphatic carbocycles. The third-order valence-corrected chi connectivity index (χ3v) is 3.17. The van der Waals surface area contributed by atoms with Crippen molar-refractivity contribution in [3.63, 3.8) is 0 Å². The summed E-state index contributed by atoms with van der Waals surface area (Å²) in [5.41, 5.74) is 2.50. The highest BCUT2D eigenvalue weighted by Gasteiger charge is 2.13. The molecule has 1 aromatic carbocycles. The number of nitrogens with one attached hydrogen (secondary N) is 1. The maximum absolute atomic E-state index is 10.4. The van der Waals surface area contributed by atoms with E-state index in [9.17, 15) is 5.11 Å². The van der Waals surface area contributed by atoms with Gasteiger partial charge in [0, 0.05) is 17.3 Å². The van der Waals surface area contributed by atoms with Crippen LogP contribution in [-0.4, -0.2) is 22.2 Å². The molecule has 2 heterocycles. The van der Waals surface area contributed by atoms with Crippen LogP contribution >= 0.6 is 0 Å². The summed E-state index contributed by atoms with van der Waals surface area (Å²) in [4.78, 5) is 7.23. The van der Waals surface area contributed by atoms with Crippen molar-refractivity contribution in [2.24, 2.45) is 0 Å². The number of pyridine rings is 1. The summed E-state index contributed by atoms with van der Waals surface area (Å²) in [6, 6.07) is 11.2. The highest BCUT2D eigenvalue weighted by molar-refractivity contribution is 5.79. The molecule has 3 aromatic rings. The van der Waals surface area contributed by atoms with Gasteiger partial charge < -0.3 is 14.8 Å². The molecule has 1 atom stereocenters. The minimum Gasteiger partial charge on any atom is -0.497 e. The molecule has 0 saturated heterocycles. The Morgan fingerprint density at radius 1 is 1.21 bits per heavy atom. The Morgan fingerprint density at radius 2 is 2.00 bits per heavy atom. The van der Waals surface area contributed by atoms with Gasteiger partial charge in [-0.3, -0.25) is 4.98 Å². The average Bonchev–Trinajstić information content (AvgIpc) is 2.90. The van der Waals surface area contributed by atoms with Crippen LogP contribution < -0.4 is 4.74 Å². The number of ether oxygens (including phenoxy) is 1. The summed E-state index contributed by atoms with van der Waals surface area (Å²) < 4.78 is 5.10. The lowest BCUT2D eigenvalue weighted by Gasteiger charge is -2.09. The van der Waals surface area contributed by atoms with Gasteiger partial charge in [-0.15, -0.1) is 0 Å². The number of H-pyrrole nitrogens is 1. The van der Waals surface area contributed by atoms with Crippen molar-refractivity contribution in [3.05, 3.63) is 60.0 Å². The lowest BCUT2D eigenvalue weighted by atomic mass is 10.1. The summed E-state index contributed by atoms with van der Waals surface area (Å²) in [7, 11) is 1.62. The minimum atomic E-state index is -0.682. The fourth-order valence-corrected chi connectivity index (χ4v) is 2.11. The number of hydrogen-bond donors (Lipinski definition) is 2. The molecule has 0 aliphatic rings. The Kier molecular flexibility index (Phi) is 2.93. The molecule has 2 aromatic heterocycles. The molecule has 19 heavy (non-hydrogen) atoms. The van der Waals surface area contributed by atoms with E-state index in [1.165, 1.54) is 0 Å². The SMILES string of the molecule is COc1ccc(C(O)c2cc3ccncc3[nH]2)cc1. The normalized spacial score (nSPS) is 12.5. The molecule has 0 radical (unpaired) electrons. The van der Waals surface area contributed by atoms with E-state index in [2.05, 4.69) is 9.97 Å². The fourth-order valence-electron chi connectivity index (χ4n) is 2.11. The third kappa shape index (κ3) is 2.18. The van der Waals surface area contributed by atoms with Crippen LogP contribution in [0.15, 0.2) is 48.8 Å². The zero-order valence-corrected chi connectivity index (χ0v) is 10.5. The molecule has 96 valence electrons. The summed E-state index contributed by atoms with van der Waals surface area (Å²) >= 11 is 0. The van der Waals surface area contributed by atoms with Gasteiger partial charge >= 0.3 is 0 Å². The van der Waals surface area contributed by atoms with Crippen LogP contribution in [0.2, 0.25) is 0 Å². The lowest BCUT2D eigenvalue weighted by molar-refractivity contribution is 0.216. The van der Waals surface area contributed by atoms with Crippen LogP contribution in [0.4, 0.5) is 0 Å². The topological polar surface area (TPSA) is 58.1 Å². The Hall–Kier alpha value is -2.33. The van der Waals surface area contributed by atoms with E-state index in [4.69, 9.17) is 4.74 Å². The molecule has 0 saturated carbocycles. The van der Waals surface area contributed by atoms with E-state index < -0.39 is 6.10 Å². The third-order valence-electron chi connectivity index (χ3n) is 3.17. The van der Waals surface area contributed by atoms with Gasteiger partial charge in [-0.05, 0) is 29.8 Å². The smallest absolute Gasteiger partial charge is 0.119 e. The van der Waals surface area contributed by atoms with Crippen LogP contribution in [0.5, 0.6) is 5.75 Å². The molecule has 0 bridgehead atoms. The summed E-state index contributed by atoms with van der Waals surface area (Å²) in [6.07, 6.45) is 2.80. The summed E-state index contributed by atoms with van der Waals surface area (Å²) in [6.45, 7) is 0. The molecule has 4 heteroatoms. The van der Waals surface area contributed by atoms with Crippen LogP contribution in [0.3, 0.4) is 0 Å². The monoisotopic (exact) mass is 254 g/mol. The molecular formula is C15H14N2O2. The predicted molar refractivity (Wildman–Crippen MR) is 73.1 cm³/mol. The largest absolute Gasteiger partial charge is 0.497 e. The van der Waals surface area contributed by atoms with Gasteiger partial charge in [0.05, 0.1) is 18.8 Å². The summed E-state index contributed by atoms with van der Waals surface area (Å²) in [5, 5.41) is 11.4. The van der Waals surface area contributed by atoms with Gasteiger partial charge in [0.15, 0.2) is 0 Å². The zero-order chi connectivity index (χ0) is 13.2. The van der Waals surface area contributed by atoms with Crippen molar-refractivity contribution < 1.29 is 9.84 Å². The first kappa shape index (κ1) is 11.7. The number of nitrogens with zero attached hydrogens (tertiary/aromatic N) is 1. The minimum absolute atomic E-state index is 0.682. The maximum atomic E-state index is 10.4. The number of fused-ring (bicyclic) bond motifs is 1. The van der Waals surface area contributed by atoms with Gasteiger partial charge in [-0.1, -0.05) is 12.1 Å². The van der Waals surface area contributed by atoms with Crippen molar-refractivity contribution in [3.8, 4) is 5.75 Å². The Morgan fingerprint density at radius 3 is 2.68 bits per heavy atom. The van der Waals surface area contributed by atoms with Crippen molar-refractivity contribution >= 4 is 10.9 Å². The Bertz CT molecular complexity index is 656. The van der Waals surface area contributed by atoms with Crippen LogP contribution in [-0.2, 0) is 0 Å². The zero-order valence-electron chi connectivity index (χ0n) is 10.5. The fraction of sp³-hybridized carbons (Fsp3) is 0.133. The second-order valence-corrected chi connectivity index (χ2v) is 4.36. The van der Waals surface area contributed by atoms with Crippen molar-refractivity contribution in [2.75, 3.05) is 7.11 Å².